The Balaban J connectivity index is 1.99. The van der Waals surface area contributed by atoms with E-state index < -0.39 is 47.7 Å². The molecule has 1 saturated carbocycles. The van der Waals surface area contributed by atoms with Crippen LogP contribution in [0.3, 0.4) is 0 Å². The highest BCUT2D eigenvalue weighted by atomic mass is 19.4. The number of carbonyl (C=O) groups is 1. The van der Waals surface area contributed by atoms with Gasteiger partial charge in [-0.1, -0.05) is 0 Å². The van der Waals surface area contributed by atoms with Crippen LogP contribution in [0.2, 0.25) is 0 Å². The van der Waals surface area contributed by atoms with E-state index in [1.165, 1.54) is 0 Å². The summed E-state index contributed by atoms with van der Waals surface area (Å²) in [6.07, 6.45) is -5.02. The van der Waals surface area contributed by atoms with Crippen LogP contribution < -0.4 is 0 Å². The molecule has 1 aromatic heterocycles. The number of alkyl halides is 5. The van der Waals surface area contributed by atoms with Crippen LogP contribution in [0.15, 0.2) is 0 Å². The molecule has 0 spiro atoms. The fourth-order valence-electron chi connectivity index (χ4n) is 2.97. The van der Waals surface area contributed by atoms with Gasteiger partial charge in [0.15, 0.2) is 5.69 Å². The highest BCUT2D eigenvalue weighted by molar-refractivity contribution is 5.69. The first-order valence-corrected chi connectivity index (χ1v) is 6.38. The summed E-state index contributed by atoms with van der Waals surface area (Å²) in [7, 11) is 0. The van der Waals surface area contributed by atoms with Crippen molar-refractivity contribution in [1.29, 1.82) is 0 Å². The zero-order valence-electron chi connectivity index (χ0n) is 10.9. The van der Waals surface area contributed by atoms with Crippen molar-refractivity contribution < 1.29 is 31.5 Å². The number of hydrogen-bond donors (Lipinski definition) is 0. The topological polar surface area (TPSA) is 44.1 Å². The zero-order chi connectivity index (χ0) is 15.6. The molecule has 0 saturated heterocycles. The molecule has 0 aliphatic heterocycles. The molecule has 0 bridgehead atoms. The van der Waals surface area contributed by atoms with Crippen molar-refractivity contribution in [2.75, 3.05) is 6.61 Å². The van der Waals surface area contributed by atoms with Crippen LogP contribution in [-0.4, -0.2) is 28.3 Å². The third kappa shape index (κ3) is 2.01. The maximum absolute atomic E-state index is 13.4. The summed E-state index contributed by atoms with van der Waals surface area (Å²) in [5.74, 6) is -6.39. The predicted molar refractivity (Wildman–Crippen MR) is 58.7 cm³/mol. The summed E-state index contributed by atoms with van der Waals surface area (Å²) >= 11 is 0. The lowest BCUT2D eigenvalue weighted by molar-refractivity contribution is -0.146. The number of esters is 1. The van der Waals surface area contributed by atoms with E-state index in [9.17, 15) is 26.7 Å². The van der Waals surface area contributed by atoms with Crippen LogP contribution in [0.4, 0.5) is 22.0 Å². The monoisotopic (exact) mass is 310 g/mol. The Morgan fingerprint density at radius 2 is 2.14 bits per heavy atom. The van der Waals surface area contributed by atoms with Crippen molar-refractivity contribution >= 4 is 5.97 Å². The van der Waals surface area contributed by atoms with Gasteiger partial charge in [-0.3, -0.25) is 9.48 Å². The molecule has 21 heavy (non-hydrogen) atoms. The van der Waals surface area contributed by atoms with Crippen LogP contribution in [0.1, 0.15) is 29.8 Å². The first-order valence-electron chi connectivity index (χ1n) is 6.38. The van der Waals surface area contributed by atoms with E-state index >= 15 is 0 Å². The molecule has 2 unspecified atom stereocenters. The third-order valence-corrected chi connectivity index (χ3v) is 3.88. The molecule has 2 aliphatic rings. The average Bonchev–Trinajstić information content (AvgIpc) is 2.69. The molecule has 2 aliphatic carbocycles. The molecule has 3 rings (SSSR count). The number of rotatable bonds is 3. The summed E-state index contributed by atoms with van der Waals surface area (Å²) in [5, 5.41) is 3.33. The fraction of sp³-hybridized carbons (Fsp3) is 0.667. The molecular weight excluding hydrogens is 299 g/mol. The quantitative estimate of drug-likeness (QED) is 0.636. The molecule has 2 atom stereocenters. The van der Waals surface area contributed by atoms with Gasteiger partial charge >= 0.3 is 12.1 Å². The number of hydrogen-bond acceptors (Lipinski definition) is 3. The standard InChI is InChI=1S/C12H11F5N2O2/c1-2-21-7(20)4-19-6-3-5-9(11(5,13)14)8(6)10(18-19)12(15,16)17/h5,9H,2-4H2,1H3. The van der Waals surface area contributed by atoms with Gasteiger partial charge in [0.1, 0.15) is 6.54 Å². The first kappa shape index (κ1) is 14.3. The molecule has 0 amide bonds. The Kier molecular flexibility index (Phi) is 2.84. The van der Waals surface area contributed by atoms with Crippen LogP contribution in [0.25, 0.3) is 0 Å². The highest BCUT2D eigenvalue weighted by Crippen LogP contribution is 2.68. The normalized spacial score (nSPS) is 25.4. The van der Waals surface area contributed by atoms with Crippen LogP contribution in [0, 0.1) is 5.92 Å². The van der Waals surface area contributed by atoms with Gasteiger partial charge in [0, 0.05) is 17.2 Å². The van der Waals surface area contributed by atoms with Crippen molar-refractivity contribution in [2.24, 2.45) is 5.92 Å². The molecule has 4 nitrogen and oxygen atoms in total. The maximum Gasteiger partial charge on any atom is 0.435 e. The van der Waals surface area contributed by atoms with Gasteiger partial charge in [-0.15, -0.1) is 0 Å². The molecule has 1 heterocycles. The minimum atomic E-state index is -4.82. The SMILES string of the molecule is CCOC(=O)Cn1nc(C(F)(F)F)c2c1CC1C2C1(F)F. The van der Waals surface area contributed by atoms with Gasteiger partial charge in [-0.2, -0.15) is 18.3 Å². The number of halogens is 5. The van der Waals surface area contributed by atoms with Gasteiger partial charge in [-0.05, 0) is 13.3 Å². The number of fused-ring (bicyclic) bond motifs is 3. The Morgan fingerprint density at radius 1 is 1.48 bits per heavy atom. The largest absolute Gasteiger partial charge is 0.465 e. The molecule has 116 valence electrons. The van der Waals surface area contributed by atoms with Crippen LogP contribution in [0.5, 0.6) is 0 Å². The predicted octanol–water partition coefficient (Wildman–Crippen LogP) is 2.37. The summed E-state index contributed by atoms with van der Waals surface area (Å²) in [6, 6.07) is 0. The molecule has 0 radical (unpaired) electrons. The fourth-order valence-corrected chi connectivity index (χ4v) is 2.97. The molecule has 0 aromatic carbocycles. The summed E-state index contributed by atoms with van der Waals surface area (Å²) in [4.78, 5) is 11.4. The van der Waals surface area contributed by atoms with Crippen molar-refractivity contribution in [3.8, 4) is 0 Å². The van der Waals surface area contributed by atoms with Gasteiger partial charge in [0.25, 0.3) is 5.92 Å². The third-order valence-electron chi connectivity index (χ3n) is 3.88. The van der Waals surface area contributed by atoms with E-state index in [4.69, 9.17) is 0 Å². The lowest BCUT2D eigenvalue weighted by Gasteiger charge is -2.07. The Labute approximate surface area is 115 Å². The minimum Gasteiger partial charge on any atom is -0.465 e. The second kappa shape index (κ2) is 4.17. The molecule has 0 N–H and O–H groups in total. The van der Waals surface area contributed by atoms with E-state index in [-0.39, 0.29) is 18.7 Å². The lowest BCUT2D eigenvalue weighted by Crippen LogP contribution is -2.18. The number of ether oxygens (including phenoxy) is 1. The second-order valence-electron chi connectivity index (χ2n) is 5.13. The van der Waals surface area contributed by atoms with Crippen molar-refractivity contribution in [1.82, 2.24) is 9.78 Å². The molecule has 1 fully saturated rings. The van der Waals surface area contributed by atoms with Gasteiger partial charge in [0.2, 0.25) is 0 Å². The van der Waals surface area contributed by atoms with Crippen molar-refractivity contribution in [3.05, 3.63) is 17.0 Å². The Hall–Kier alpha value is -1.67. The van der Waals surface area contributed by atoms with E-state index in [0.29, 0.717) is 0 Å². The zero-order valence-corrected chi connectivity index (χ0v) is 10.9. The van der Waals surface area contributed by atoms with Gasteiger partial charge < -0.3 is 4.74 Å². The Morgan fingerprint density at radius 3 is 2.71 bits per heavy atom. The van der Waals surface area contributed by atoms with E-state index in [1.54, 1.807) is 6.92 Å². The average molecular weight is 310 g/mol. The molecule has 9 heteroatoms. The highest BCUT2D eigenvalue weighted by Gasteiger charge is 2.74. The summed E-state index contributed by atoms with van der Waals surface area (Å²) in [5.41, 5.74) is -1.70. The van der Waals surface area contributed by atoms with Crippen molar-refractivity contribution in [2.45, 2.75) is 37.9 Å². The van der Waals surface area contributed by atoms with Gasteiger partial charge in [0.05, 0.1) is 12.5 Å². The lowest BCUT2D eigenvalue weighted by atomic mass is 10.1. The van der Waals surface area contributed by atoms with Gasteiger partial charge in [-0.25, -0.2) is 8.78 Å². The van der Waals surface area contributed by atoms with Crippen molar-refractivity contribution in [3.63, 3.8) is 0 Å². The van der Waals surface area contributed by atoms with Crippen LogP contribution in [-0.2, 0) is 28.7 Å². The minimum absolute atomic E-state index is 0.0660. The van der Waals surface area contributed by atoms with E-state index in [0.717, 1.165) is 4.68 Å². The van der Waals surface area contributed by atoms with Crippen LogP contribution >= 0.6 is 0 Å². The summed E-state index contributed by atoms with van der Waals surface area (Å²) in [6.45, 7) is 1.14. The summed E-state index contributed by atoms with van der Waals surface area (Å²) < 4.78 is 71.1. The number of aromatic nitrogens is 2. The maximum atomic E-state index is 13.4. The smallest absolute Gasteiger partial charge is 0.435 e. The number of carbonyl (C=O) groups excluding carboxylic acids is 1. The number of nitrogens with zero attached hydrogens (tertiary/aromatic N) is 2. The molecule has 1 aromatic rings. The Bertz CT molecular complexity index is 608. The van der Waals surface area contributed by atoms with E-state index in [1.807, 2.05) is 0 Å². The second-order valence-corrected chi connectivity index (χ2v) is 5.13. The van der Waals surface area contributed by atoms with E-state index in [2.05, 4.69) is 9.84 Å². The molecular formula is C12H11F5N2O2. The first-order chi connectivity index (χ1) is 9.67.